The molecule has 0 aliphatic carbocycles. The van der Waals surface area contributed by atoms with Crippen LogP contribution in [0, 0.1) is 0 Å². The number of halogens is 2. The molecule has 0 saturated carbocycles. The maximum absolute atomic E-state index is 12.3. The van der Waals surface area contributed by atoms with Crippen LogP contribution in [0.1, 0.15) is 18.9 Å². The second kappa shape index (κ2) is 8.13. The first kappa shape index (κ1) is 17.5. The van der Waals surface area contributed by atoms with E-state index in [1.165, 1.54) is 0 Å². The number of ether oxygens (including phenoxy) is 2. The van der Waals surface area contributed by atoms with Crippen LogP contribution in [0.3, 0.4) is 0 Å². The third kappa shape index (κ3) is 3.91. The molecule has 1 aromatic rings. The number of benzene rings is 1. The molecule has 0 fully saturated rings. The number of nitrogens with zero attached hydrogens (tertiary/aromatic N) is 1. The van der Waals surface area contributed by atoms with Crippen LogP contribution in [0.5, 0.6) is 5.75 Å². The summed E-state index contributed by atoms with van der Waals surface area (Å²) >= 11 is 7.00. The van der Waals surface area contributed by atoms with Crippen molar-refractivity contribution in [1.29, 1.82) is 0 Å². The minimum atomic E-state index is -0.133. The van der Waals surface area contributed by atoms with Gasteiger partial charge in [0.25, 0.3) is 0 Å². The summed E-state index contributed by atoms with van der Waals surface area (Å²) in [5.41, 5.74) is 1.94. The fraction of sp³-hybridized carbons (Fsp3) is 0.438. The molecule has 22 heavy (non-hydrogen) atoms. The highest BCUT2D eigenvalue weighted by molar-refractivity contribution is 9.10. The Morgan fingerprint density at radius 3 is 2.77 bits per heavy atom. The molecule has 0 N–H and O–H groups in total. The van der Waals surface area contributed by atoms with E-state index in [4.69, 9.17) is 9.47 Å². The van der Waals surface area contributed by atoms with Gasteiger partial charge in [0.05, 0.1) is 11.4 Å². The molecule has 1 aliphatic heterocycles. The number of methoxy groups -OCH3 is 1. The summed E-state index contributed by atoms with van der Waals surface area (Å²) in [5.74, 6) is 0.879. The van der Waals surface area contributed by atoms with Crippen LogP contribution in [-0.2, 0) is 9.53 Å². The van der Waals surface area contributed by atoms with Gasteiger partial charge in [-0.05, 0) is 47.5 Å². The van der Waals surface area contributed by atoms with Gasteiger partial charge in [-0.3, -0.25) is 4.79 Å². The first-order chi connectivity index (χ1) is 10.6. The molecule has 0 radical (unpaired) electrons. The van der Waals surface area contributed by atoms with Crippen molar-refractivity contribution in [2.75, 3.05) is 26.9 Å². The summed E-state index contributed by atoms with van der Waals surface area (Å²) in [6.45, 7) is 3.68. The molecule has 2 rings (SSSR count). The Morgan fingerprint density at radius 2 is 2.14 bits per heavy atom. The van der Waals surface area contributed by atoms with E-state index in [1.807, 2.05) is 25.1 Å². The van der Waals surface area contributed by atoms with Gasteiger partial charge in [-0.1, -0.05) is 22.0 Å². The molecule has 6 heteroatoms. The predicted octanol–water partition coefficient (Wildman–Crippen LogP) is 3.83. The van der Waals surface area contributed by atoms with E-state index in [1.54, 1.807) is 12.0 Å². The van der Waals surface area contributed by atoms with Crippen molar-refractivity contribution in [1.82, 2.24) is 4.90 Å². The minimum absolute atomic E-state index is 0.104. The highest BCUT2D eigenvalue weighted by Gasteiger charge is 2.28. The first-order valence-corrected chi connectivity index (χ1v) is 8.86. The SMILES string of the molecule is CCN1C(=O)C(Br)CC=C1c1ccc(OCCOC)cc1Br. The zero-order valence-corrected chi connectivity index (χ0v) is 15.8. The second-order valence-corrected chi connectivity index (χ2v) is 6.82. The van der Waals surface area contributed by atoms with Crippen LogP contribution >= 0.6 is 31.9 Å². The van der Waals surface area contributed by atoms with E-state index in [0.717, 1.165) is 21.5 Å². The van der Waals surface area contributed by atoms with E-state index in [9.17, 15) is 4.79 Å². The lowest BCUT2D eigenvalue weighted by atomic mass is 10.0. The molecule has 1 amide bonds. The predicted molar refractivity (Wildman–Crippen MR) is 94.2 cm³/mol. The van der Waals surface area contributed by atoms with Crippen LogP contribution in [-0.4, -0.2) is 42.5 Å². The number of amides is 1. The Morgan fingerprint density at radius 1 is 1.36 bits per heavy atom. The van der Waals surface area contributed by atoms with Crippen molar-refractivity contribution in [3.05, 3.63) is 34.3 Å². The number of carbonyl (C=O) groups is 1. The second-order valence-electron chi connectivity index (χ2n) is 4.86. The summed E-state index contributed by atoms with van der Waals surface area (Å²) in [6, 6.07) is 5.81. The third-order valence-corrected chi connectivity index (χ3v) is 4.85. The van der Waals surface area contributed by atoms with Crippen molar-refractivity contribution in [2.45, 2.75) is 18.2 Å². The minimum Gasteiger partial charge on any atom is -0.491 e. The largest absolute Gasteiger partial charge is 0.491 e. The fourth-order valence-electron chi connectivity index (χ4n) is 2.33. The summed E-state index contributed by atoms with van der Waals surface area (Å²) in [5, 5.41) is 0. The van der Waals surface area contributed by atoms with Crippen molar-refractivity contribution < 1.29 is 14.3 Å². The van der Waals surface area contributed by atoms with Crippen LogP contribution < -0.4 is 4.74 Å². The van der Waals surface area contributed by atoms with E-state index in [-0.39, 0.29) is 10.7 Å². The number of allylic oxidation sites excluding steroid dienone is 1. The summed E-state index contributed by atoms with van der Waals surface area (Å²) in [4.78, 5) is 13.9. The maximum atomic E-state index is 12.3. The van der Waals surface area contributed by atoms with Gasteiger partial charge >= 0.3 is 0 Å². The fourth-order valence-corrected chi connectivity index (χ4v) is 3.33. The van der Waals surface area contributed by atoms with Gasteiger partial charge in [0.15, 0.2) is 0 Å². The molecule has 1 unspecified atom stereocenters. The Kier molecular flexibility index (Phi) is 6.47. The number of hydrogen-bond acceptors (Lipinski definition) is 3. The average Bonchev–Trinajstić information content (AvgIpc) is 2.51. The normalized spacial score (nSPS) is 18.4. The number of alkyl halides is 1. The van der Waals surface area contributed by atoms with Crippen LogP contribution in [0.15, 0.2) is 28.7 Å². The lowest BCUT2D eigenvalue weighted by Crippen LogP contribution is -2.38. The van der Waals surface area contributed by atoms with Gasteiger partial charge in [-0.15, -0.1) is 0 Å². The van der Waals surface area contributed by atoms with Gasteiger partial charge in [0.2, 0.25) is 5.91 Å². The molecular formula is C16H19Br2NO3. The highest BCUT2D eigenvalue weighted by Crippen LogP contribution is 2.34. The Bertz CT molecular complexity index is 575. The number of carbonyl (C=O) groups excluding carboxylic acids is 1. The number of hydrogen-bond donors (Lipinski definition) is 0. The lowest BCUT2D eigenvalue weighted by Gasteiger charge is -2.31. The van der Waals surface area contributed by atoms with E-state index in [0.29, 0.717) is 26.2 Å². The molecule has 1 aliphatic rings. The van der Waals surface area contributed by atoms with Crippen LogP contribution in [0.4, 0.5) is 0 Å². The van der Waals surface area contributed by atoms with Crippen molar-refractivity contribution in [3.63, 3.8) is 0 Å². The Hall–Kier alpha value is -0.850. The molecule has 0 aromatic heterocycles. The quantitative estimate of drug-likeness (QED) is 0.506. The first-order valence-electron chi connectivity index (χ1n) is 7.15. The van der Waals surface area contributed by atoms with E-state index >= 15 is 0 Å². The van der Waals surface area contributed by atoms with E-state index < -0.39 is 0 Å². The summed E-state index contributed by atoms with van der Waals surface area (Å²) in [7, 11) is 1.64. The van der Waals surface area contributed by atoms with Crippen molar-refractivity contribution in [2.24, 2.45) is 0 Å². The third-order valence-electron chi connectivity index (χ3n) is 3.43. The lowest BCUT2D eigenvalue weighted by molar-refractivity contribution is -0.127. The van der Waals surface area contributed by atoms with Crippen molar-refractivity contribution >= 4 is 43.5 Å². The van der Waals surface area contributed by atoms with Crippen molar-refractivity contribution in [3.8, 4) is 5.75 Å². The number of rotatable bonds is 6. The molecule has 1 heterocycles. The van der Waals surface area contributed by atoms with Gasteiger partial charge in [0, 0.05) is 29.4 Å². The molecule has 4 nitrogen and oxygen atoms in total. The van der Waals surface area contributed by atoms with Gasteiger partial charge in [0.1, 0.15) is 12.4 Å². The molecule has 1 aromatic carbocycles. The monoisotopic (exact) mass is 431 g/mol. The smallest absolute Gasteiger partial charge is 0.241 e. The summed E-state index contributed by atoms with van der Waals surface area (Å²) in [6.07, 6.45) is 2.79. The molecule has 1 atom stereocenters. The van der Waals surface area contributed by atoms with E-state index in [2.05, 4.69) is 37.9 Å². The van der Waals surface area contributed by atoms with Crippen LogP contribution in [0.25, 0.3) is 5.70 Å². The average molecular weight is 433 g/mol. The standard InChI is InChI=1S/C16H19Br2NO3/c1-3-19-15(7-6-13(17)16(19)20)12-5-4-11(10-14(12)18)22-9-8-21-2/h4-5,7,10,13H,3,6,8-9H2,1-2H3. The van der Waals surface area contributed by atoms with Gasteiger partial charge in [-0.2, -0.15) is 0 Å². The molecule has 0 spiro atoms. The zero-order chi connectivity index (χ0) is 16.1. The molecule has 0 saturated heterocycles. The summed E-state index contributed by atoms with van der Waals surface area (Å²) < 4.78 is 11.5. The Labute approximate surface area is 147 Å². The molecular weight excluding hydrogens is 414 g/mol. The molecule has 0 bridgehead atoms. The highest BCUT2D eigenvalue weighted by atomic mass is 79.9. The van der Waals surface area contributed by atoms with Gasteiger partial charge in [-0.25, -0.2) is 0 Å². The zero-order valence-electron chi connectivity index (χ0n) is 12.6. The topological polar surface area (TPSA) is 38.8 Å². The molecule has 120 valence electrons. The van der Waals surface area contributed by atoms with Crippen LogP contribution in [0.2, 0.25) is 0 Å². The van der Waals surface area contributed by atoms with Gasteiger partial charge < -0.3 is 14.4 Å². The Balaban J connectivity index is 2.23. The maximum Gasteiger partial charge on any atom is 0.241 e.